The summed E-state index contributed by atoms with van der Waals surface area (Å²) < 4.78 is 1.97. The Morgan fingerprint density at radius 2 is 2.04 bits per heavy atom. The van der Waals surface area contributed by atoms with Crippen molar-refractivity contribution < 1.29 is 14.7 Å². The van der Waals surface area contributed by atoms with Gasteiger partial charge >= 0.3 is 0 Å². The maximum atomic E-state index is 12.0. The zero-order chi connectivity index (χ0) is 19.6. The van der Waals surface area contributed by atoms with Crippen LogP contribution in [0.5, 0.6) is 0 Å². The van der Waals surface area contributed by atoms with Gasteiger partial charge < -0.3 is 15.1 Å². The molecule has 4 saturated heterocycles. The Morgan fingerprint density at radius 3 is 2.75 bits per heavy atom. The fraction of sp³-hybridized carbons (Fsp3) is 0.739. The monoisotopic (exact) mass is 447 g/mol. The first kappa shape index (κ1) is 18.2. The molecule has 5 bridgehead atoms. The maximum absolute atomic E-state index is 12.0. The third-order valence-electron chi connectivity index (χ3n) is 9.78. The molecule has 1 aromatic rings. The normalized spacial score (nSPS) is 52.3. The number of rotatable bonds is 3. The number of fused-ring (bicyclic) bond motifs is 2. The molecule has 7 rings (SSSR count). The molecule has 5 aliphatic heterocycles. The van der Waals surface area contributed by atoms with Crippen LogP contribution in [0.4, 0.5) is 5.69 Å². The van der Waals surface area contributed by atoms with Gasteiger partial charge in [-0.05, 0) is 42.5 Å². The second-order valence-electron chi connectivity index (χ2n) is 10.2. The van der Waals surface area contributed by atoms with E-state index in [2.05, 4.69) is 59.9 Å². The van der Waals surface area contributed by atoms with E-state index < -0.39 is 0 Å². The van der Waals surface area contributed by atoms with Gasteiger partial charge in [-0.25, -0.2) is 0 Å². The molecule has 5 heteroatoms. The molecule has 4 nitrogen and oxygen atoms in total. The highest BCUT2D eigenvalue weighted by Gasteiger charge is 2.82. The molecular weight excluding hydrogens is 416 g/mol. The molecule has 6 aliphatic rings. The Kier molecular flexibility index (Phi) is 3.60. The average Bonchev–Trinajstić information content (AvgIpc) is 3.05. The number of hydrogen-bond acceptors (Lipinski definition) is 3. The number of halogens is 1. The summed E-state index contributed by atoms with van der Waals surface area (Å²) in [5.74, 6) is 1.13. The number of likely N-dealkylation sites (N-methyl/N-ethyl adjacent to an activating group) is 1. The van der Waals surface area contributed by atoms with Crippen LogP contribution in [0.1, 0.15) is 45.1 Å². The number of piperidine rings is 4. The Labute approximate surface area is 176 Å². The Balaban J connectivity index is 1.62. The standard InChI is InChI=1S/C23H32BrN2O2/c1-4-8-26-17-10-14(13(5-2)22(26)28)19-18(26)11-23(21(19)27)15-9-12(24)6-7-16(15)25(3)20(17)23/h6-7,9,13-14,17-22,27-28H,4-5,8,10-11H2,1-3H3/q+1/t13-,14?,17+,18+,19?,20+,21?,22+,23?,26?/m1/s1. The van der Waals surface area contributed by atoms with Crippen molar-refractivity contribution in [1.82, 2.24) is 0 Å². The second-order valence-corrected chi connectivity index (χ2v) is 11.1. The quantitative estimate of drug-likeness (QED) is 0.698. The van der Waals surface area contributed by atoms with Crippen molar-refractivity contribution in [2.24, 2.45) is 17.8 Å². The fourth-order valence-corrected chi connectivity index (χ4v) is 9.60. The fourth-order valence-electron chi connectivity index (χ4n) is 9.24. The highest BCUT2D eigenvalue weighted by Crippen LogP contribution is 2.71. The van der Waals surface area contributed by atoms with Crippen molar-refractivity contribution in [1.29, 1.82) is 0 Å². The molecule has 0 radical (unpaired) electrons. The number of nitrogens with zero attached hydrogens (tertiary/aromatic N) is 2. The number of aliphatic hydroxyl groups is 2. The third kappa shape index (κ3) is 1.66. The summed E-state index contributed by atoms with van der Waals surface area (Å²) in [6.07, 6.45) is 3.75. The van der Waals surface area contributed by atoms with Crippen molar-refractivity contribution in [3.8, 4) is 0 Å². The van der Waals surface area contributed by atoms with Gasteiger partial charge in [-0.2, -0.15) is 0 Å². The van der Waals surface area contributed by atoms with Crippen molar-refractivity contribution in [2.45, 2.75) is 75.4 Å². The van der Waals surface area contributed by atoms with E-state index in [1.807, 2.05) is 0 Å². The van der Waals surface area contributed by atoms with Gasteiger partial charge in [0.05, 0.1) is 30.1 Å². The van der Waals surface area contributed by atoms with Crippen LogP contribution < -0.4 is 4.90 Å². The average molecular weight is 448 g/mol. The molecule has 5 fully saturated rings. The van der Waals surface area contributed by atoms with Crippen LogP contribution in [0, 0.1) is 17.8 Å². The van der Waals surface area contributed by atoms with Crippen molar-refractivity contribution >= 4 is 21.6 Å². The van der Waals surface area contributed by atoms with Crippen LogP contribution >= 0.6 is 15.9 Å². The van der Waals surface area contributed by atoms with Crippen LogP contribution in [0.3, 0.4) is 0 Å². The smallest absolute Gasteiger partial charge is 0.194 e. The summed E-state index contributed by atoms with van der Waals surface area (Å²) in [5.41, 5.74) is 2.47. The second kappa shape index (κ2) is 5.54. The number of aliphatic hydroxyl groups excluding tert-OH is 2. The van der Waals surface area contributed by atoms with Gasteiger partial charge in [0.15, 0.2) is 6.23 Å². The van der Waals surface area contributed by atoms with E-state index in [0.717, 1.165) is 34.8 Å². The van der Waals surface area contributed by atoms with Gasteiger partial charge in [0, 0.05) is 41.9 Å². The molecular formula is C23H32BrN2O2+. The highest BCUT2D eigenvalue weighted by atomic mass is 79.9. The molecule has 1 saturated carbocycles. The van der Waals surface area contributed by atoms with E-state index in [1.165, 1.54) is 17.7 Å². The van der Waals surface area contributed by atoms with E-state index in [-0.39, 0.29) is 23.8 Å². The van der Waals surface area contributed by atoms with E-state index >= 15 is 0 Å². The third-order valence-corrected chi connectivity index (χ3v) is 10.3. The summed E-state index contributed by atoms with van der Waals surface area (Å²) in [6.45, 7) is 5.54. The zero-order valence-electron chi connectivity index (χ0n) is 17.1. The molecule has 152 valence electrons. The largest absolute Gasteiger partial charge is 0.392 e. The lowest BCUT2D eigenvalue weighted by atomic mass is 9.60. The van der Waals surface area contributed by atoms with Crippen LogP contribution in [0.2, 0.25) is 0 Å². The van der Waals surface area contributed by atoms with Crippen LogP contribution in [-0.4, -0.2) is 58.7 Å². The summed E-state index contributed by atoms with van der Waals surface area (Å²) in [7, 11) is 2.23. The van der Waals surface area contributed by atoms with Crippen molar-refractivity contribution in [2.75, 3.05) is 18.5 Å². The molecule has 1 spiro atoms. The van der Waals surface area contributed by atoms with Crippen LogP contribution in [0.15, 0.2) is 22.7 Å². The number of anilines is 1. The van der Waals surface area contributed by atoms with Crippen LogP contribution in [-0.2, 0) is 5.41 Å². The van der Waals surface area contributed by atoms with Crippen molar-refractivity contribution in [3.05, 3.63) is 28.2 Å². The summed E-state index contributed by atoms with van der Waals surface area (Å²) in [4.78, 5) is 2.47. The molecule has 1 aromatic carbocycles. The minimum absolute atomic E-state index is 0.166. The molecule has 10 atom stereocenters. The Morgan fingerprint density at radius 1 is 1.25 bits per heavy atom. The first-order valence-electron chi connectivity index (χ1n) is 11.2. The molecule has 0 aromatic heterocycles. The molecule has 5 heterocycles. The SMILES string of the molecule is CCC[N+]12[C@H]3CC45c6cc(Br)ccc6N(C)[C@H]4[C@@H]1CC(C3C5O)[C@@H](CC)[C@@H]2O. The van der Waals surface area contributed by atoms with Gasteiger partial charge in [0.1, 0.15) is 6.04 Å². The predicted molar refractivity (Wildman–Crippen MR) is 113 cm³/mol. The zero-order valence-corrected chi connectivity index (χ0v) is 18.6. The first-order chi connectivity index (χ1) is 13.4. The van der Waals surface area contributed by atoms with Gasteiger partial charge in [-0.1, -0.05) is 29.8 Å². The first-order valence-corrected chi connectivity index (χ1v) is 12.0. The molecule has 1 aliphatic carbocycles. The van der Waals surface area contributed by atoms with Gasteiger partial charge in [-0.15, -0.1) is 0 Å². The molecule has 2 N–H and O–H groups in total. The lowest BCUT2D eigenvalue weighted by molar-refractivity contribution is -1.04. The van der Waals surface area contributed by atoms with Gasteiger partial charge in [0.2, 0.25) is 0 Å². The van der Waals surface area contributed by atoms with E-state index in [1.54, 1.807) is 0 Å². The molecule has 5 unspecified atom stereocenters. The number of benzene rings is 1. The lowest BCUT2D eigenvalue weighted by Crippen LogP contribution is -2.83. The molecule has 0 amide bonds. The van der Waals surface area contributed by atoms with E-state index in [0.29, 0.717) is 29.8 Å². The van der Waals surface area contributed by atoms with Crippen molar-refractivity contribution in [3.63, 3.8) is 0 Å². The Bertz CT molecular complexity index is 848. The maximum Gasteiger partial charge on any atom is 0.194 e. The number of quaternary nitrogens is 1. The summed E-state index contributed by atoms with van der Waals surface area (Å²) >= 11 is 3.69. The lowest BCUT2D eigenvalue weighted by Gasteiger charge is -2.68. The number of hydrogen-bond donors (Lipinski definition) is 2. The van der Waals surface area contributed by atoms with Gasteiger partial charge in [0.25, 0.3) is 0 Å². The van der Waals surface area contributed by atoms with Crippen LogP contribution in [0.25, 0.3) is 0 Å². The minimum Gasteiger partial charge on any atom is -0.392 e. The van der Waals surface area contributed by atoms with Gasteiger partial charge in [-0.3, -0.25) is 4.48 Å². The predicted octanol–water partition coefficient (Wildman–Crippen LogP) is 3.24. The Hall–Kier alpha value is -0.620. The minimum atomic E-state index is -0.297. The topological polar surface area (TPSA) is 43.7 Å². The van der Waals surface area contributed by atoms with E-state index in [9.17, 15) is 10.2 Å². The van der Waals surface area contributed by atoms with E-state index in [4.69, 9.17) is 0 Å². The summed E-state index contributed by atoms with van der Waals surface area (Å²) in [5, 5.41) is 23.7. The highest BCUT2D eigenvalue weighted by molar-refractivity contribution is 9.10. The molecule has 28 heavy (non-hydrogen) atoms. The summed E-state index contributed by atoms with van der Waals surface area (Å²) in [6, 6.07) is 7.75.